The minimum Gasteiger partial charge on any atom is -0.462 e. The molecule has 0 amide bonds. The third-order valence-corrected chi connectivity index (χ3v) is 13.6. The fourth-order valence-corrected chi connectivity index (χ4v) is 8.92. The molecule has 0 heterocycles. The lowest BCUT2D eigenvalue weighted by Gasteiger charge is -2.18. The zero-order valence-electron chi connectivity index (χ0n) is 46.8. The van der Waals surface area contributed by atoms with E-state index in [1.807, 2.05) is 0 Å². The van der Waals surface area contributed by atoms with Crippen molar-refractivity contribution in [1.82, 2.24) is 0 Å². The molecule has 0 aliphatic carbocycles. The average molecular weight is 982 g/mol. The lowest BCUT2D eigenvalue weighted by molar-refractivity contribution is -0.167. The maximum atomic E-state index is 12.8. The average Bonchev–Trinajstić information content (AvgIpc) is 3.36. The lowest BCUT2D eigenvalue weighted by atomic mass is 10.0. The first-order valence-corrected chi connectivity index (χ1v) is 30.6. The Balaban J connectivity index is 4.01. The van der Waals surface area contributed by atoms with Gasteiger partial charge in [0, 0.05) is 19.3 Å². The number of esters is 3. The predicted octanol–water partition coefficient (Wildman–Crippen LogP) is 20.6. The molecule has 408 valence electrons. The molecule has 0 aromatic rings. The predicted molar refractivity (Wildman–Crippen MR) is 302 cm³/mol. The number of hydrogen-bond acceptors (Lipinski definition) is 6. The molecule has 0 saturated carbocycles. The highest BCUT2D eigenvalue weighted by atomic mass is 16.6. The van der Waals surface area contributed by atoms with Crippen LogP contribution in [0.15, 0.2) is 48.6 Å². The summed E-state index contributed by atoms with van der Waals surface area (Å²) in [5.41, 5.74) is 0. The Morgan fingerprint density at radius 3 is 0.814 bits per heavy atom. The molecule has 0 aliphatic heterocycles. The lowest BCUT2D eigenvalue weighted by Crippen LogP contribution is -2.30. The van der Waals surface area contributed by atoms with E-state index in [0.29, 0.717) is 19.3 Å². The van der Waals surface area contributed by atoms with Crippen molar-refractivity contribution < 1.29 is 28.6 Å². The first-order valence-electron chi connectivity index (χ1n) is 30.6. The fourth-order valence-electron chi connectivity index (χ4n) is 8.92. The van der Waals surface area contributed by atoms with E-state index < -0.39 is 6.10 Å². The Labute approximate surface area is 435 Å². The van der Waals surface area contributed by atoms with Gasteiger partial charge in [-0.1, -0.05) is 268 Å². The Bertz CT molecular complexity index is 1220. The molecule has 1 unspecified atom stereocenters. The summed E-state index contributed by atoms with van der Waals surface area (Å²) in [4.78, 5) is 37.9. The molecule has 0 aliphatic rings. The molecule has 0 aromatic carbocycles. The van der Waals surface area contributed by atoms with Gasteiger partial charge in [0.1, 0.15) is 13.2 Å². The number of carbonyl (C=O) groups excluding carboxylic acids is 3. The van der Waals surface area contributed by atoms with Crippen LogP contribution in [0.2, 0.25) is 0 Å². The van der Waals surface area contributed by atoms with E-state index in [4.69, 9.17) is 14.2 Å². The third-order valence-electron chi connectivity index (χ3n) is 13.6. The van der Waals surface area contributed by atoms with Crippen LogP contribution in [0.3, 0.4) is 0 Å². The van der Waals surface area contributed by atoms with Crippen LogP contribution in [0, 0.1) is 0 Å². The fraction of sp³-hybridized carbons (Fsp3) is 0.828. The van der Waals surface area contributed by atoms with Crippen molar-refractivity contribution in [2.75, 3.05) is 13.2 Å². The van der Waals surface area contributed by atoms with Gasteiger partial charge in [0.25, 0.3) is 0 Å². The van der Waals surface area contributed by atoms with Gasteiger partial charge in [0.05, 0.1) is 0 Å². The maximum absolute atomic E-state index is 12.8. The summed E-state index contributed by atoms with van der Waals surface area (Å²) in [5.74, 6) is -0.875. The number of hydrogen-bond donors (Lipinski definition) is 0. The SMILES string of the molecule is CCCCCCC/C=C\C/C=C\C/C=C\CCCCCCCCCCCCCCCCCCC(=O)OCC(COC(=O)CCCCCCCCC)OC(=O)CCCCCCC/C=C\CCCCCCC. The van der Waals surface area contributed by atoms with Gasteiger partial charge in [-0.15, -0.1) is 0 Å². The van der Waals surface area contributed by atoms with E-state index in [2.05, 4.69) is 69.4 Å². The molecule has 6 heteroatoms. The van der Waals surface area contributed by atoms with Crippen molar-refractivity contribution in [3.05, 3.63) is 48.6 Å². The van der Waals surface area contributed by atoms with Crippen molar-refractivity contribution >= 4 is 17.9 Å². The van der Waals surface area contributed by atoms with Gasteiger partial charge < -0.3 is 14.2 Å². The molecule has 0 rings (SSSR count). The zero-order chi connectivity index (χ0) is 50.7. The summed E-state index contributed by atoms with van der Waals surface area (Å²) in [6.45, 7) is 6.60. The van der Waals surface area contributed by atoms with Crippen LogP contribution in [-0.4, -0.2) is 37.2 Å². The van der Waals surface area contributed by atoms with Crippen LogP contribution in [0.4, 0.5) is 0 Å². The number of rotatable bonds is 56. The summed E-state index contributed by atoms with van der Waals surface area (Å²) in [5, 5.41) is 0. The van der Waals surface area contributed by atoms with Crippen molar-refractivity contribution in [2.24, 2.45) is 0 Å². The Morgan fingerprint density at radius 2 is 0.514 bits per heavy atom. The summed E-state index contributed by atoms with van der Waals surface area (Å²) >= 11 is 0. The number of carbonyl (C=O) groups is 3. The summed E-state index contributed by atoms with van der Waals surface area (Å²) < 4.78 is 16.8. The van der Waals surface area contributed by atoms with Crippen LogP contribution >= 0.6 is 0 Å². The van der Waals surface area contributed by atoms with Gasteiger partial charge in [-0.25, -0.2) is 0 Å². The van der Waals surface area contributed by atoms with E-state index in [1.54, 1.807) is 0 Å². The maximum Gasteiger partial charge on any atom is 0.306 e. The van der Waals surface area contributed by atoms with E-state index in [9.17, 15) is 14.4 Å². The molecule has 0 aromatic heterocycles. The Morgan fingerprint density at radius 1 is 0.286 bits per heavy atom. The molecule has 0 N–H and O–H groups in total. The van der Waals surface area contributed by atoms with Crippen LogP contribution in [-0.2, 0) is 28.6 Å². The van der Waals surface area contributed by atoms with Gasteiger partial charge in [0.2, 0.25) is 0 Å². The Kier molecular flexibility index (Phi) is 56.7. The highest BCUT2D eigenvalue weighted by molar-refractivity contribution is 5.71. The second kappa shape index (κ2) is 58.9. The minimum atomic E-state index is -0.772. The molecule has 0 spiro atoms. The van der Waals surface area contributed by atoms with E-state index >= 15 is 0 Å². The van der Waals surface area contributed by atoms with Gasteiger partial charge in [-0.05, 0) is 83.5 Å². The van der Waals surface area contributed by atoms with Crippen LogP contribution in [0.25, 0.3) is 0 Å². The van der Waals surface area contributed by atoms with Gasteiger partial charge in [0.15, 0.2) is 6.10 Å². The van der Waals surface area contributed by atoms with Gasteiger partial charge in [-0.2, -0.15) is 0 Å². The largest absolute Gasteiger partial charge is 0.462 e. The minimum absolute atomic E-state index is 0.0731. The third kappa shape index (κ3) is 56.3. The van der Waals surface area contributed by atoms with Crippen LogP contribution in [0.5, 0.6) is 0 Å². The van der Waals surface area contributed by atoms with Gasteiger partial charge >= 0.3 is 17.9 Å². The van der Waals surface area contributed by atoms with E-state index in [0.717, 1.165) is 77.0 Å². The smallest absolute Gasteiger partial charge is 0.306 e. The van der Waals surface area contributed by atoms with Crippen molar-refractivity contribution in [1.29, 1.82) is 0 Å². The molecule has 70 heavy (non-hydrogen) atoms. The summed E-state index contributed by atoms with van der Waals surface area (Å²) in [6, 6.07) is 0. The first-order chi connectivity index (χ1) is 34.5. The van der Waals surface area contributed by atoms with Crippen LogP contribution in [0.1, 0.15) is 323 Å². The monoisotopic (exact) mass is 981 g/mol. The highest BCUT2D eigenvalue weighted by Crippen LogP contribution is 2.16. The number of ether oxygens (including phenoxy) is 3. The van der Waals surface area contributed by atoms with E-state index in [1.165, 1.54) is 205 Å². The second-order valence-corrected chi connectivity index (χ2v) is 20.6. The van der Waals surface area contributed by atoms with Crippen molar-refractivity contribution in [3.63, 3.8) is 0 Å². The zero-order valence-corrected chi connectivity index (χ0v) is 46.8. The topological polar surface area (TPSA) is 78.9 Å². The molecule has 0 saturated heterocycles. The molecule has 0 fully saturated rings. The normalized spacial score (nSPS) is 12.3. The van der Waals surface area contributed by atoms with E-state index in [-0.39, 0.29) is 31.1 Å². The van der Waals surface area contributed by atoms with Crippen molar-refractivity contribution in [2.45, 2.75) is 329 Å². The Hall–Kier alpha value is -2.63. The van der Waals surface area contributed by atoms with Gasteiger partial charge in [-0.3, -0.25) is 14.4 Å². The number of allylic oxidation sites excluding steroid dienone is 8. The molecule has 0 radical (unpaired) electrons. The number of unbranched alkanes of at least 4 members (excludes halogenated alkanes) is 37. The van der Waals surface area contributed by atoms with Crippen molar-refractivity contribution in [3.8, 4) is 0 Å². The molecule has 1 atom stereocenters. The quantitative estimate of drug-likeness (QED) is 0.0261. The highest BCUT2D eigenvalue weighted by Gasteiger charge is 2.19. The first kappa shape index (κ1) is 67.4. The summed E-state index contributed by atoms with van der Waals surface area (Å²) in [7, 11) is 0. The molecule has 0 bridgehead atoms. The van der Waals surface area contributed by atoms with Crippen LogP contribution < -0.4 is 0 Å². The molecule has 6 nitrogen and oxygen atoms in total. The molecular weight excluding hydrogens is 865 g/mol. The summed E-state index contributed by atoms with van der Waals surface area (Å²) in [6.07, 6.45) is 72.9. The standard InChI is InChI=1S/C64H116O6/c1-4-7-10-13-16-18-20-22-24-25-26-27-28-29-30-31-32-33-34-35-36-37-38-39-40-42-43-45-48-51-54-57-63(66)69-60-61(59-68-62(65)56-53-50-47-15-12-9-6-3)70-64(67)58-55-52-49-46-44-41-23-21-19-17-14-11-8-5-2/h20-23,25-26,28-29,61H,4-19,24,27,30-60H2,1-3H3/b22-20-,23-21-,26-25-,29-28-. The second-order valence-electron chi connectivity index (χ2n) is 20.6. The molecular formula is C64H116O6.